The van der Waals surface area contributed by atoms with E-state index in [0.29, 0.717) is 24.1 Å². The maximum atomic E-state index is 13.3. The number of aromatic nitrogens is 4. The largest absolute Gasteiger partial charge is 2.00 e. The first-order chi connectivity index (χ1) is 22.8. The number of amides is 1. The summed E-state index contributed by atoms with van der Waals surface area (Å²) in [5.74, 6) is -0.608. The van der Waals surface area contributed by atoms with Gasteiger partial charge in [-0.25, -0.2) is 4.98 Å². The Morgan fingerprint density at radius 2 is 1.53 bits per heavy atom. The third kappa shape index (κ3) is 7.52. The van der Waals surface area contributed by atoms with E-state index in [1.54, 1.807) is 19.0 Å². The molecule has 0 aromatic carbocycles. The van der Waals surface area contributed by atoms with Gasteiger partial charge in [0.15, 0.2) is 0 Å². The second kappa shape index (κ2) is 15.1. The molecule has 2 unspecified atom stereocenters. The summed E-state index contributed by atoms with van der Waals surface area (Å²) in [5, 5.41) is 0. The molecular formula is C38H45N5NiO5. The third-order valence-electron chi connectivity index (χ3n) is 9.91. The fraction of sp³-hybridized carbons (Fsp3) is 0.447. The summed E-state index contributed by atoms with van der Waals surface area (Å²) in [4.78, 5) is 59.7. The molecule has 3 aromatic rings. The first-order valence-electron chi connectivity index (χ1n) is 16.4. The summed E-state index contributed by atoms with van der Waals surface area (Å²) in [7, 11) is 6.32. The molecular weight excluding hydrogens is 665 g/mol. The van der Waals surface area contributed by atoms with Crippen LogP contribution in [-0.4, -0.2) is 61.0 Å². The molecule has 0 fully saturated rings. The van der Waals surface area contributed by atoms with Gasteiger partial charge in [0, 0.05) is 56.1 Å². The zero-order valence-corrected chi connectivity index (χ0v) is 30.8. The summed E-state index contributed by atoms with van der Waals surface area (Å²) in [6.45, 7) is 10.3. The van der Waals surface area contributed by atoms with Gasteiger partial charge < -0.3 is 24.3 Å². The van der Waals surface area contributed by atoms with Gasteiger partial charge in [-0.05, 0) is 51.2 Å². The van der Waals surface area contributed by atoms with E-state index in [2.05, 4.69) is 19.9 Å². The second-order valence-corrected chi connectivity index (χ2v) is 13.2. The third-order valence-corrected chi connectivity index (χ3v) is 9.91. The predicted octanol–water partition coefficient (Wildman–Crippen LogP) is 6.11. The number of fused-ring (bicyclic) bond motifs is 8. The van der Waals surface area contributed by atoms with Gasteiger partial charge >= 0.3 is 28.4 Å². The number of carbonyl (C=O) groups excluding carboxylic acids is 3. The zero-order chi connectivity index (χ0) is 34.9. The van der Waals surface area contributed by atoms with E-state index in [-0.39, 0.29) is 59.5 Å². The Morgan fingerprint density at radius 1 is 0.857 bits per heavy atom. The van der Waals surface area contributed by atoms with Crippen molar-refractivity contribution in [3.05, 3.63) is 69.8 Å². The molecule has 2 aliphatic rings. The van der Waals surface area contributed by atoms with Crippen LogP contribution in [0.25, 0.3) is 33.2 Å². The van der Waals surface area contributed by atoms with Crippen LogP contribution in [0.3, 0.4) is 0 Å². The Kier molecular flexibility index (Phi) is 11.6. The van der Waals surface area contributed by atoms with Crippen LogP contribution in [0.2, 0.25) is 0 Å². The van der Waals surface area contributed by atoms with Crippen LogP contribution in [0, 0.1) is 13.8 Å². The average Bonchev–Trinajstić information content (AvgIpc) is 3.71. The Hall–Kier alpha value is -4.24. The number of hydrogen-bond donors (Lipinski definition) is 0. The summed E-state index contributed by atoms with van der Waals surface area (Å²) in [5.41, 5.74) is 10.3. The average molecular weight is 711 g/mol. The van der Waals surface area contributed by atoms with E-state index < -0.39 is 5.41 Å². The Labute approximate surface area is 298 Å². The van der Waals surface area contributed by atoms with Crippen molar-refractivity contribution in [1.82, 2.24) is 24.8 Å². The van der Waals surface area contributed by atoms with Crippen molar-refractivity contribution in [2.75, 3.05) is 28.3 Å². The first-order valence-corrected chi connectivity index (χ1v) is 16.4. The molecule has 0 saturated heterocycles. The number of ether oxygens (including phenoxy) is 2. The van der Waals surface area contributed by atoms with E-state index in [4.69, 9.17) is 29.4 Å². The standard InChI is InChI=1S/C38H45N5O5.Ni/c1-10-27-33-17-28-21(2)15-24(39-28)16-29-22(3)25(11-13-36(45)47-8)31(40-29)18-32-26(12-14-37(46)48-9)23(4)30(41-32)19-34(42-33)38(27,5)20-35(44)43(6)7;/h15-19,27H,10-14,20H2,1-9H3;/q-2;+2. The van der Waals surface area contributed by atoms with Crippen molar-refractivity contribution in [2.45, 2.75) is 84.5 Å². The number of allylic oxidation sites excluding steroid dienone is 2. The van der Waals surface area contributed by atoms with Crippen molar-refractivity contribution < 1.29 is 40.3 Å². The molecule has 0 aliphatic carbocycles. The molecule has 0 N–H and O–H groups in total. The maximum absolute atomic E-state index is 13.3. The van der Waals surface area contributed by atoms with Crippen LogP contribution in [-0.2, 0) is 52.2 Å². The normalized spacial score (nSPS) is 17.0. The molecule has 2 atom stereocenters. The summed E-state index contributed by atoms with van der Waals surface area (Å²) in [6, 6.07) is 10.0. The van der Waals surface area contributed by atoms with E-state index in [1.807, 2.05) is 45.0 Å². The smallest absolute Gasteiger partial charge is 0.658 e. The quantitative estimate of drug-likeness (QED) is 0.191. The van der Waals surface area contributed by atoms with Crippen molar-refractivity contribution in [3.8, 4) is 0 Å². The van der Waals surface area contributed by atoms with Gasteiger partial charge in [-0.2, -0.15) is 0 Å². The molecule has 0 radical (unpaired) electrons. The fourth-order valence-corrected chi connectivity index (χ4v) is 6.90. The number of esters is 2. The Bertz CT molecular complexity index is 1970. The minimum absolute atomic E-state index is 0. The number of rotatable bonds is 9. The minimum Gasteiger partial charge on any atom is -0.658 e. The van der Waals surface area contributed by atoms with E-state index >= 15 is 0 Å². The van der Waals surface area contributed by atoms with Crippen LogP contribution in [0.4, 0.5) is 0 Å². The van der Waals surface area contributed by atoms with Gasteiger partial charge in [0.1, 0.15) is 0 Å². The summed E-state index contributed by atoms with van der Waals surface area (Å²) in [6.07, 6.45) is 2.34. The molecule has 5 rings (SSSR count). The molecule has 11 heteroatoms. The Balaban J connectivity index is 0.00000541. The van der Waals surface area contributed by atoms with E-state index in [9.17, 15) is 14.4 Å². The van der Waals surface area contributed by atoms with E-state index in [0.717, 1.165) is 67.9 Å². The van der Waals surface area contributed by atoms with E-state index in [1.165, 1.54) is 14.2 Å². The predicted molar refractivity (Wildman–Crippen MR) is 186 cm³/mol. The van der Waals surface area contributed by atoms with Gasteiger partial charge in [0.05, 0.1) is 25.6 Å². The number of aryl methyl sites for hydroxylation is 3. The topological polar surface area (TPSA) is 127 Å². The molecule has 0 saturated carbocycles. The van der Waals surface area contributed by atoms with Crippen molar-refractivity contribution >= 4 is 51.1 Å². The Morgan fingerprint density at radius 3 is 2.16 bits per heavy atom. The van der Waals surface area contributed by atoms with Crippen LogP contribution in [0.15, 0.2) is 30.3 Å². The molecule has 0 spiro atoms. The second-order valence-electron chi connectivity index (χ2n) is 13.2. The van der Waals surface area contributed by atoms with Gasteiger partial charge in [-0.1, -0.05) is 60.9 Å². The number of hydrogen-bond acceptors (Lipinski definition) is 7. The maximum Gasteiger partial charge on any atom is 2.00 e. The number of methoxy groups -OCH3 is 2. The van der Waals surface area contributed by atoms with Crippen LogP contribution < -0.4 is 9.97 Å². The monoisotopic (exact) mass is 709 g/mol. The van der Waals surface area contributed by atoms with Crippen LogP contribution >= 0.6 is 0 Å². The summed E-state index contributed by atoms with van der Waals surface area (Å²) >= 11 is 0. The van der Waals surface area contributed by atoms with Gasteiger partial charge in [0.2, 0.25) is 5.91 Å². The fourth-order valence-electron chi connectivity index (χ4n) is 6.90. The SMILES string of the molecule is CCC1c2cc3[n-]c(cc4nc(cc5[n-]c(cc(n2)C1(C)CC(=O)N(C)C)c(C)c5CCC(=O)OC)C(CCC(=O)OC)=C4C)cc3C.[Ni+2]. The number of nitrogens with zero attached hydrogens (tertiary/aromatic N) is 5. The van der Waals surface area contributed by atoms with Crippen molar-refractivity contribution in [2.24, 2.45) is 0 Å². The molecule has 10 nitrogen and oxygen atoms in total. The van der Waals surface area contributed by atoms with Gasteiger partial charge in [0.25, 0.3) is 0 Å². The molecule has 262 valence electrons. The van der Waals surface area contributed by atoms with Crippen LogP contribution in [0.1, 0.15) is 98.3 Å². The first kappa shape index (κ1) is 37.6. The summed E-state index contributed by atoms with van der Waals surface area (Å²) < 4.78 is 9.91. The molecule has 8 bridgehead atoms. The van der Waals surface area contributed by atoms with Gasteiger partial charge in [-0.3, -0.25) is 19.4 Å². The molecule has 1 amide bonds. The van der Waals surface area contributed by atoms with Crippen LogP contribution in [0.5, 0.6) is 0 Å². The molecule has 5 heterocycles. The van der Waals surface area contributed by atoms with Crippen molar-refractivity contribution in [1.29, 1.82) is 0 Å². The van der Waals surface area contributed by atoms with Gasteiger partial charge in [-0.15, -0.1) is 22.1 Å². The minimum atomic E-state index is -0.591. The molecule has 49 heavy (non-hydrogen) atoms. The van der Waals surface area contributed by atoms with Crippen molar-refractivity contribution in [3.63, 3.8) is 0 Å². The zero-order valence-electron chi connectivity index (χ0n) is 29.8. The number of carbonyl (C=O) groups is 3. The molecule has 3 aromatic heterocycles. The molecule has 2 aliphatic heterocycles.